The largest absolute Gasteiger partial charge is 0.457 e. The molecule has 2 nitrogen and oxygen atoms in total. The molecule has 0 heterocycles. The van der Waals surface area contributed by atoms with E-state index in [1.807, 2.05) is 54.6 Å². The van der Waals surface area contributed by atoms with Gasteiger partial charge in [0.2, 0.25) is 0 Å². The summed E-state index contributed by atoms with van der Waals surface area (Å²) in [5, 5.41) is 0. The molecule has 0 saturated heterocycles. The zero-order chi connectivity index (χ0) is 22.7. The smallest absolute Gasteiger partial charge is 0.166 e. The van der Waals surface area contributed by atoms with Crippen molar-refractivity contribution in [2.75, 3.05) is 0 Å². The molecule has 0 bridgehead atoms. The summed E-state index contributed by atoms with van der Waals surface area (Å²) in [5.41, 5.74) is 0.696. The first-order chi connectivity index (χ1) is 15.8. The minimum absolute atomic E-state index is 0.186. The average Bonchev–Trinajstić information content (AvgIpc) is 2.82. The fourth-order valence-electron chi connectivity index (χ4n) is 4.19. The van der Waals surface area contributed by atoms with Gasteiger partial charge in [0.1, 0.15) is 11.5 Å². The number of benzene rings is 2. The third kappa shape index (κ3) is 11.5. The first-order valence-electron chi connectivity index (χ1n) is 13.2. The lowest BCUT2D eigenvalue weighted by atomic mass is 10.0. The minimum Gasteiger partial charge on any atom is -0.457 e. The number of unbranched alkanes of at least 4 members (excludes halogenated alkanes) is 14. The first kappa shape index (κ1) is 26.2. The molecule has 0 aliphatic carbocycles. The molecule has 2 aromatic carbocycles. The number of ether oxygens (including phenoxy) is 1. The maximum Gasteiger partial charge on any atom is 0.166 e. The third-order valence-electron chi connectivity index (χ3n) is 6.17. The van der Waals surface area contributed by atoms with Crippen molar-refractivity contribution in [2.24, 2.45) is 0 Å². The Morgan fingerprint density at radius 1 is 0.594 bits per heavy atom. The standard InChI is InChI=1S/C30H44O2/c1-2-3-4-5-6-7-8-9-10-11-12-13-14-15-19-25-29(31)28-24-20-21-26-30(28)32-27-22-17-16-18-23-27/h16-18,20-24,26H,2-15,19,25H2,1H3. The lowest BCUT2D eigenvalue weighted by Crippen LogP contribution is -2.01. The van der Waals surface area contributed by atoms with E-state index in [0.29, 0.717) is 17.7 Å². The Balaban J connectivity index is 1.49. The van der Waals surface area contributed by atoms with E-state index in [0.717, 1.165) is 18.6 Å². The van der Waals surface area contributed by atoms with Crippen LogP contribution in [0.3, 0.4) is 0 Å². The van der Waals surface area contributed by atoms with Crippen molar-refractivity contribution < 1.29 is 9.53 Å². The van der Waals surface area contributed by atoms with Gasteiger partial charge < -0.3 is 4.74 Å². The Labute approximate surface area is 196 Å². The van der Waals surface area contributed by atoms with E-state index in [4.69, 9.17) is 4.74 Å². The van der Waals surface area contributed by atoms with Gasteiger partial charge in [0.05, 0.1) is 5.56 Å². The van der Waals surface area contributed by atoms with Crippen LogP contribution in [0.2, 0.25) is 0 Å². The first-order valence-corrected chi connectivity index (χ1v) is 13.2. The van der Waals surface area contributed by atoms with Crippen molar-refractivity contribution in [1.29, 1.82) is 0 Å². The third-order valence-corrected chi connectivity index (χ3v) is 6.17. The number of carbonyl (C=O) groups is 1. The molecule has 0 radical (unpaired) electrons. The molecule has 0 aliphatic rings. The van der Waals surface area contributed by atoms with E-state index in [1.54, 1.807) is 0 Å². The molecule has 0 fully saturated rings. The van der Waals surface area contributed by atoms with Crippen LogP contribution in [-0.4, -0.2) is 5.78 Å². The van der Waals surface area contributed by atoms with E-state index in [-0.39, 0.29) is 5.78 Å². The summed E-state index contributed by atoms with van der Waals surface area (Å²) in [7, 11) is 0. The van der Waals surface area contributed by atoms with Crippen molar-refractivity contribution >= 4 is 5.78 Å². The molecule has 0 spiro atoms. The second kappa shape index (κ2) is 17.5. The van der Waals surface area contributed by atoms with Crippen molar-refractivity contribution in [2.45, 2.75) is 110 Å². The van der Waals surface area contributed by atoms with Crippen LogP contribution in [0, 0.1) is 0 Å². The number of ketones is 1. The molecule has 0 saturated carbocycles. The quantitative estimate of drug-likeness (QED) is 0.162. The van der Waals surface area contributed by atoms with Gasteiger partial charge in [0.15, 0.2) is 5.78 Å². The summed E-state index contributed by atoms with van der Waals surface area (Å²) in [6.45, 7) is 2.28. The zero-order valence-corrected chi connectivity index (χ0v) is 20.3. The summed E-state index contributed by atoms with van der Waals surface area (Å²) in [6, 6.07) is 17.3. The molecular formula is C30H44O2. The monoisotopic (exact) mass is 436 g/mol. The molecule has 0 unspecified atom stereocenters. The fourth-order valence-corrected chi connectivity index (χ4v) is 4.19. The van der Waals surface area contributed by atoms with Crippen molar-refractivity contribution in [1.82, 2.24) is 0 Å². The van der Waals surface area contributed by atoms with Crippen LogP contribution < -0.4 is 4.74 Å². The number of Topliss-reactive ketones (excluding diaryl/α,β-unsaturated/α-hetero) is 1. The van der Waals surface area contributed by atoms with Gasteiger partial charge in [0.25, 0.3) is 0 Å². The highest BCUT2D eigenvalue weighted by atomic mass is 16.5. The molecule has 0 N–H and O–H groups in total. The Morgan fingerprint density at radius 3 is 1.62 bits per heavy atom. The predicted molar refractivity (Wildman–Crippen MR) is 137 cm³/mol. The van der Waals surface area contributed by atoms with Gasteiger partial charge in [-0.25, -0.2) is 0 Å². The van der Waals surface area contributed by atoms with Gasteiger partial charge >= 0.3 is 0 Å². The topological polar surface area (TPSA) is 26.3 Å². The Bertz CT molecular complexity index is 723. The highest BCUT2D eigenvalue weighted by Crippen LogP contribution is 2.26. The molecule has 2 rings (SSSR count). The van der Waals surface area contributed by atoms with Gasteiger partial charge in [-0.05, 0) is 30.7 Å². The normalized spacial score (nSPS) is 10.9. The molecule has 0 atom stereocenters. The molecule has 32 heavy (non-hydrogen) atoms. The number of para-hydroxylation sites is 2. The highest BCUT2D eigenvalue weighted by molar-refractivity contribution is 5.98. The fraction of sp³-hybridized carbons (Fsp3) is 0.567. The number of carbonyl (C=O) groups excluding carboxylic acids is 1. The number of hydrogen-bond acceptors (Lipinski definition) is 2. The van der Waals surface area contributed by atoms with Crippen LogP contribution in [0.25, 0.3) is 0 Å². The molecule has 2 heteroatoms. The Morgan fingerprint density at radius 2 is 1.06 bits per heavy atom. The molecule has 0 amide bonds. The van der Waals surface area contributed by atoms with Gasteiger partial charge in [-0.3, -0.25) is 4.79 Å². The summed E-state index contributed by atoms with van der Waals surface area (Å²) in [6.07, 6.45) is 20.7. The van der Waals surface area contributed by atoms with Gasteiger partial charge in [-0.15, -0.1) is 0 Å². The van der Waals surface area contributed by atoms with Crippen molar-refractivity contribution in [3.05, 3.63) is 60.2 Å². The van der Waals surface area contributed by atoms with Gasteiger partial charge in [0, 0.05) is 6.42 Å². The van der Waals surface area contributed by atoms with E-state index in [2.05, 4.69) is 6.92 Å². The summed E-state index contributed by atoms with van der Waals surface area (Å²) in [5.74, 6) is 1.61. The Kier molecular flexibility index (Phi) is 14.3. The zero-order valence-electron chi connectivity index (χ0n) is 20.3. The van der Waals surface area contributed by atoms with E-state index >= 15 is 0 Å². The number of rotatable bonds is 19. The van der Waals surface area contributed by atoms with E-state index in [1.165, 1.54) is 83.5 Å². The van der Waals surface area contributed by atoms with E-state index in [9.17, 15) is 4.79 Å². The summed E-state index contributed by atoms with van der Waals surface area (Å²) >= 11 is 0. The minimum atomic E-state index is 0.186. The lowest BCUT2D eigenvalue weighted by Gasteiger charge is -2.10. The second-order valence-electron chi connectivity index (χ2n) is 9.03. The maximum absolute atomic E-state index is 12.7. The van der Waals surface area contributed by atoms with Crippen LogP contribution in [-0.2, 0) is 0 Å². The van der Waals surface area contributed by atoms with Crippen LogP contribution in [0.4, 0.5) is 0 Å². The SMILES string of the molecule is CCCCCCCCCCCCCCCCCC(=O)c1ccccc1Oc1ccccc1. The van der Waals surface area contributed by atoms with Crippen LogP contribution in [0.1, 0.15) is 120 Å². The van der Waals surface area contributed by atoms with E-state index < -0.39 is 0 Å². The average molecular weight is 437 g/mol. The van der Waals surface area contributed by atoms with Crippen LogP contribution >= 0.6 is 0 Å². The van der Waals surface area contributed by atoms with Crippen LogP contribution in [0.5, 0.6) is 11.5 Å². The number of hydrogen-bond donors (Lipinski definition) is 0. The molecule has 176 valence electrons. The molecule has 2 aromatic rings. The maximum atomic E-state index is 12.7. The summed E-state index contributed by atoms with van der Waals surface area (Å²) in [4.78, 5) is 12.7. The summed E-state index contributed by atoms with van der Waals surface area (Å²) < 4.78 is 5.94. The molecule has 0 aromatic heterocycles. The second-order valence-corrected chi connectivity index (χ2v) is 9.03. The van der Waals surface area contributed by atoms with Gasteiger partial charge in [-0.2, -0.15) is 0 Å². The molecular weight excluding hydrogens is 392 g/mol. The van der Waals surface area contributed by atoms with Crippen LogP contribution in [0.15, 0.2) is 54.6 Å². The van der Waals surface area contributed by atoms with Gasteiger partial charge in [-0.1, -0.05) is 127 Å². The predicted octanol–water partition coefficient (Wildman–Crippen LogP) is 9.92. The highest BCUT2D eigenvalue weighted by Gasteiger charge is 2.12. The van der Waals surface area contributed by atoms with Crippen molar-refractivity contribution in [3.63, 3.8) is 0 Å². The lowest BCUT2D eigenvalue weighted by molar-refractivity contribution is 0.0977. The molecule has 0 aliphatic heterocycles. The van der Waals surface area contributed by atoms with Crippen molar-refractivity contribution in [3.8, 4) is 11.5 Å². The Hall–Kier alpha value is -2.09.